The minimum absolute atomic E-state index is 0.409. The molecule has 1 unspecified atom stereocenters. The monoisotopic (exact) mass is 230 g/mol. The molecular weight excluding hydrogens is 212 g/mol. The van der Waals surface area contributed by atoms with Crippen molar-refractivity contribution in [2.24, 2.45) is 0 Å². The molecule has 2 N–H and O–H groups in total. The highest BCUT2D eigenvalue weighted by Crippen LogP contribution is 2.19. The summed E-state index contributed by atoms with van der Waals surface area (Å²) in [7, 11) is 4.15. The Kier molecular flexibility index (Phi) is 3.15. The van der Waals surface area contributed by atoms with Crippen molar-refractivity contribution in [2.75, 3.05) is 19.8 Å². The minimum Gasteiger partial charge on any atom is -0.382 e. The second-order valence-corrected chi connectivity index (χ2v) is 4.42. The normalized spacial score (nSPS) is 12.9. The van der Waals surface area contributed by atoms with E-state index in [2.05, 4.69) is 55.3 Å². The maximum absolute atomic E-state index is 5.60. The Bertz CT molecular complexity index is 484. The first kappa shape index (κ1) is 11.7. The molecule has 1 aromatic heterocycles. The van der Waals surface area contributed by atoms with Crippen LogP contribution in [-0.2, 0) is 0 Å². The average Bonchev–Trinajstić information content (AvgIpc) is 2.75. The molecule has 2 aromatic rings. The fourth-order valence-corrected chi connectivity index (χ4v) is 1.69. The van der Waals surface area contributed by atoms with Crippen LogP contribution in [0.25, 0.3) is 5.69 Å². The summed E-state index contributed by atoms with van der Waals surface area (Å²) < 4.78 is 1.78. The van der Waals surface area contributed by atoms with Crippen LogP contribution in [0.1, 0.15) is 18.5 Å². The molecule has 0 aliphatic rings. The van der Waals surface area contributed by atoms with Gasteiger partial charge in [0.2, 0.25) is 0 Å². The van der Waals surface area contributed by atoms with Crippen molar-refractivity contribution >= 4 is 5.82 Å². The Morgan fingerprint density at radius 2 is 1.82 bits per heavy atom. The van der Waals surface area contributed by atoms with Gasteiger partial charge in [-0.05, 0) is 38.7 Å². The van der Waals surface area contributed by atoms with Gasteiger partial charge in [0.15, 0.2) is 0 Å². The largest absolute Gasteiger partial charge is 0.382 e. The maximum Gasteiger partial charge on any atom is 0.145 e. The van der Waals surface area contributed by atoms with E-state index in [9.17, 15) is 0 Å². The van der Waals surface area contributed by atoms with Crippen LogP contribution in [0.3, 0.4) is 0 Å². The number of hydrogen-bond acceptors (Lipinski definition) is 3. The molecular formula is C13H18N4. The number of nitrogens with zero attached hydrogens (tertiary/aromatic N) is 3. The van der Waals surface area contributed by atoms with Crippen LogP contribution < -0.4 is 5.73 Å². The Labute approximate surface area is 102 Å². The molecule has 0 aliphatic heterocycles. The zero-order valence-corrected chi connectivity index (χ0v) is 10.5. The van der Waals surface area contributed by atoms with Gasteiger partial charge in [-0.15, -0.1) is 0 Å². The highest BCUT2D eigenvalue weighted by molar-refractivity contribution is 5.37. The lowest BCUT2D eigenvalue weighted by Crippen LogP contribution is -2.16. The molecule has 4 heteroatoms. The number of rotatable bonds is 3. The first-order valence-electron chi connectivity index (χ1n) is 5.66. The van der Waals surface area contributed by atoms with Crippen molar-refractivity contribution < 1.29 is 0 Å². The predicted octanol–water partition coefficient (Wildman–Crippen LogP) is 2.08. The van der Waals surface area contributed by atoms with Gasteiger partial charge in [0.25, 0.3) is 0 Å². The molecule has 0 spiro atoms. The van der Waals surface area contributed by atoms with Gasteiger partial charge in [-0.1, -0.05) is 12.1 Å². The van der Waals surface area contributed by atoms with Crippen LogP contribution in [0.15, 0.2) is 36.5 Å². The summed E-state index contributed by atoms with van der Waals surface area (Å²) in [5.41, 5.74) is 7.91. The number of nitrogens with two attached hydrogens (primary N) is 1. The van der Waals surface area contributed by atoms with Crippen molar-refractivity contribution in [3.63, 3.8) is 0 Å². The van der Waals surface area contributed by atoms with Gasteiger partial charge in [0.05, 0.1) is 5.69 Å². The molecule has 0 radical (unpaired) electrons. The van der Waals surface area contributed by atoms with Gasteiger partial charge in [0, 0.05) is 18.3 Å². The standard InChI is InChI=1S/C13H18N4/c1-10(16(2)3)11-4-6-12(7-5-11)17-9-8-13(14)15-17/h4-10H,1-3H3,(H2,14,15). The molecule has 1 aromatic carbocycles. The summed E-state index contributed by atoms with van der Waals surface area (Å²) >= 11 is 0. The second kappa shape index (κ2) is 4.59. The first-order valence-corrected chi connectivity index (χ1v) is 5.66. The van der Waals surface area contributed by atoms with Crippen LogP contribution >= 0.6 is 0 Å². The highest BCUT2D eigenvalue weighted by atomic mass is 15.3. The third-order valence-corrected chi connectivity index (χ3v) is 3.02. The first-order chi connectivity index (χ1) is 8.08. The molecule has 0 saturated heterocycles. The molecule has 1 heterocycles. The quantitative estimate of drug-likeness (QED) is 0.878. The third kappa shape index (κ3) is 2.47. The average molecular weight is 230 g/mol. The molecule has 0 bridgehead atoms. The summed E-state index contributed by atoms with van der Waals surface area (Å²) in [5.74, 6) is 0.538. The molecule has 17 heavy (non-hydrogen) atoms. The van der Waals surface area contributed by atoms with Crippen LogP contribution in [-0.4, -0.2) is 28.8 Å². The number of aromatic nitrogens is 2. The van der Waals surface area contributed by atoms with Crippen LogP contribution in [0.5, 0.6) is 0 Å². The Hall–Kier alpha value is -1.81. The fourth-order valence-electron chi connectivity index (χ4n) is 1.69. The second-order valence-electron chi connectivity index (χ2n) is 4.42. The van der Waals surface area contributed by atoms with Gasteiger partial charge in [0.1, 0.15) is 5.82 Å². The molecule has 90 valence electrons. The van der Waals surface area contributed by atoms with Gasteiger partial charge in [-0.2, -0.15) is 5.10 Å². The molecule has 0 aliphatic carbocycles. The lowest BCUT2D eigenvalue weighted by molar-refractivity contribution is 0.321. The number of nitrogen functional groups attached to an aromatic ring is 1. The Balaban J connectivity index is 2.24. The van der Waals surface area contributed by atoms with Crippen molar-refractivity contribution in [2.45, 2.75) is 13.0 Å². The van der Waals surface area contributed by atoms with Gasteiger partial charge < -0.3 is 10.6 Å². The predicted molar refractivity (Wildman–Crippen MR) is 70.1 cm³/mol. The molecule has 1 atom stereocenters. The topological polar surface area (TPSA) is 47.1 Å². The summed E-state index contributed by atoms with van der Waals surface area (Å²) in [4.78, 5) is 2.18. The molecule has 0 amide bonds. The Morgan fingerprint density at radius 1 is 1.18 bits per heavy atom. The van der Waals surface area contributed by atoms with E-state index >= 15 is 0 Å². The van der Waals surface area contributed by atoms with Gasteiger partial charge in [-0.3, -0.25) is 0 Å². The summed E-state index contributed by atoms with van der Waals surface area (Å²) in [5, 5.41) is 4.17. The van der Waals surface area contributed by atoms with E-state index < -0.39 is 0 Å². The van der Waals surface area contributed by atoms with E-state index in [0.717, 1.165) is 5.69 Å². The molecule has 0 saturated carbocycles. The van der Waals surface area contributed by atoms with E-state index in [1.54, 1.807) is 10.7 Å². The highest BCUT2D eigenvalue weighted by Gasteiger charge is 2.07. The van der Waals surface area contributed by atoms with E-state index in [-0.39, 0.29) is 0 Å². The van der Waals surface area contributed by atoms with Crippen LogP contribution in [0, 0.1) is 0 Å². The van der Waals surface area contributed by atoms with Crippen LogP contribution in [0.4, 0.5) is 5.82 Å². The number of hydrogen-bond donors (Lipinski definition) is 1. The van der Waals surface area contributed by atoms with Gasteiger partial charge >= 0.3 is 0 Å². The van der Waals surface area contributed by atoms with Crippen molar-refractivity contribution in [3.8, 4) is 5.69 Å². The molecule has 0 fully saturated rings. The van der Waals surface area contributed by atoms with Gasteiger partial charge in [-0.25, -0.2) is 4.68 Å². The molecule has 2 rings (SSSR count). The molecule has 4 nitrogen and oxygen atoms in total. The summed E-state index contributed by atoms with van der Waals surface area (Å²) in [6, 6.07) is 10.6. The SMILES string of the molecule is CC(c1ccc(-n2ccc(N)n2)cc1)N(C)C. The number of anilines is 1. The minimum atomic E-state index is 0.409. The van der Waals surface area contributed by atoms with Crippen molar-refractivity contribution in [1.82, 2.24) is 14.7 Å². The van der Waals surface area contributed by atoms with Crippen LogP contribution in [0.2, 0.25) is 0 Å². The zero-order chi connectivity index (χ0) is 12.4. The third-order valence-electron chi connectivity index (χ3n) is 3.02. The van der Waals surface area contributed by atoms with E-state index in [4.69, 9.17) is 5.73 Å². The smallest absolute Gasteiger partial charge is 0.145 e. The lowest BCUT2D eigenvalue weighted by atomic mass is 10.1. The summed E-state index contributed by atoms with van der Waals surface area (Å²) in [6.07, 6.45) is 1.86. The maximum atomic E-state index is 5.60. The van der Waals surface area contributed by atoms with E-state index in [1.165, 1.54) is 5.56 Å². The zero-order valence-electron chi connectivity index (χ0n) is 10.5. The van der Waals surface area contributed by atoms with Crippen molar-refractivity contribution in [1.29, 1.82) is 0 Å². The number of benzene rings is 1. The lowest BCUT2D eigenvalue weighted by Gasteiger charge is -2.20. The van der Waals surface area contributed by atoms with Crippen molar-refractivity contribution in [3.05, 3.63) is 42.1 Å². The Morgan fingerprint density at radius 3 is 2.29 bits per heavy atom. The van der Waals surface area contributed by atoms with E-state index in [1.807, 2.05) is 6.20 Å². The van der Waals surface area contributed by atoms with E-state index in [0.29, 0.717) is 11.9 Å². The summed E-state index contributed by atoms with van der Waals surface area (Å²) in [6.45, 7) is 2.18. The fraction of sp³-hybridized carbons (Fsp3) is 0.308.